The number of hydrogen-bond donors (Lipinski definition) is 0. The Bertz CT molecular complexity index is 1370. The highest BCUT2D eigenvalue weighted by molar-refractivity contribution is 5.74. The molecule has 1 nitrogen and oxygen atoms in total. The first-order chi connectivity index (χ1) is 20.0. The molecule has 0 radical (unpaired) electrons. The lowest BCUT2D eigenvalue weighted by molar-refractivity contribution is 0.212. The van der Waals surface area contributed by atoms with E-state index in [2.05, 4.69) is 25.7 Å². The minimum absolute atomic E-state index is 0.0613. The van der Waals surface area contributed by atoms with Gasteiger partial charge in [-0.2, -0.15) is 4.39 Å². The molecule has 3 aromatic rings. The fraction of sp³-hybridized carbons (Fsp3) is 0.405. The van der Waals surface area contributed by atoms with E-state index in [0.29, 0.717) is 29.6 Å². The van der Waals surface area contributed by atoms with Crippen LogP contribution in [0.2, 0.25) is 0 Å². The van der Waals surface area contributed by atoms with Crippen molar-refractivity contribution in [2.24, 2.45) is 17.8 Å². The van der Waals surface area contributed by atoms with Crippen molar-refractivity contribution < 1.29 is 17.9 Å². The first-order valence-corrected chi connectivity index (χ1v) is 15.3. The zero-order valence-electron chi connectivity index (χ0n) is 24.1. The maximum absolute atomic E-state index is 15.3. The molecule has 2 aliphatic carbocycles. The molecule has 41 heavy (non-hydrogen) atoms. The van der Waals surface area contributed by atoms with Crippen LogP contribution in [0.25, 0.3) is 27.8 Å². The summed E-state index contributed by atoms with van der Waals surface area (Å²) in [6.07, 6.45) is 15.3. The third kappa shape index (κ3) is 6.80. The first kappa shape index (κ1) is 29.2. The fourth-order valence-electron chi connectivity index (χ4n) is 6.58. The van der Waals surface area contributed by atoms with Crippen LogP contribution in [0, 0.1) is 35.2 Å². The summed E-state index contributed by atoms with van der Waals surface area (Å²) in [6, 6.07) is 15.6. The predicted molar refractivity (Wildman–Crippen MR) is 163 cm³/mol. The summed E-state index contributed by atoms with van der Waals surface area (Å²) >= 11 is 0. The molecule has 0 aromatic heterocycles. The highest BCUT2D eigenvalue weighted by Gasteiger charge is 2.28. The van der Waals surface area contributed by atoms with Crippen LogP contribution in [0.4, 0.5) is 13.2 Å². The van der Waals surface area contributed by atoms with Crippen LogP contribution in [0.5, 0.6) is 5.75 Å². The standard InChI is InChI=1S/C37H41F3O/c1-3-5-6-23-41-35-22-21-33(36(39)37(35)40)30-17-13-28(14-18-30)31-19-20-32(34(38)24-31)29-15-11-27(12-16-29)26-9-7-25(4-2)8-10-26/h4,13-15,17-22,24-27H,2-3,5-12,16,23H2,1H3. The van der Waals surface area contributed by atoms with Gasteiger partial charge in [0.25, 0.3) is 0 Å². The highest BCUT2D eigenvalue weighted by atomic mass is 19.2. The Morgan fingerprint density at radius 1 is 0.780 bits per heavy atom. The molecule has 3 aromatic carbocycles. The lowest BCUT2D eigenvalue weighted by Crippen LogP contribution is -2.22. The van der Waals surface area contributed by atoms with Crippen molar-refractivity contribution in [1.82, 2.24) is 0 Å². The number of halogens is 3. The lowest BCUT2D eigenvalue weighted by Gasteiger charge is -2.34. The number of hydrogen-bond acceptors (Lipinski definition) is 1. The van der Waals surface area contributed by atoms with Gasteiger partial charge in [-0.25, -0.2) is 8.78 Å². The number of unbranched alkanes of at least 4 members (excludes halogenated alkanes) is 2. The van der Waals surface area contributed by atoms with Crippen molar-refractivity contribution in [3.05, 3.63) is 96.3 Å². The van der Waals surface area contributed by atoms with E-state index in [1.807, 2.05) is 24.3 Å². The number of allylic oxidation sites excluding steroid dienone is 3. The molecule has 0 amide bonds. The van der Waals surface area contributed by atoms with E-state index in [-0.39, 0.29) is 17.1 Å². The van der Waals surface area contributed by atoms with E-state index in [1.54, 1.807) is 24.3 Å². The van der Waals surface area contributed by atoms with Gasteiger partial charge in [-0.3, -0.25) is 0 Å². The SMILES string of the molecule is C=CC1CCC(C2CC=C(c3ccc(-c4ccc(-c5ccc(OCCCCC)c(F)c5F)cc4)cc3F)CC2)CC1. The summed E-state index contributed by atoms with van der Waals surface area (Å²) in [4.78, 5) is 0. The lowest BCUT2D eigenvalue weighted by atomic mass is 9.71. The molecule has 0 N–H and O–H groups in total. The molecular formula is C37H41F3O. The third-order valence-corrected chi connectivity index (χ3v) is 9.16. The molecule has 4 heteroatoms. The quantitative estimate of drug-likeness (QED) is 0.178. The van der Waals surface area contributed by atoms with E-state index in [0.717, 1.165) is 61.1 Å². The van der Waals surface area contributed by atoms with Crippen molar-refractivity contribution in [3.8, 4) is 28.0 Å². The summed E-state index contributed by atoms with van der Waals surface area (Å²) in [5.41, 5.74) is 4.11. The Hall–Kier alpha value is -3.27. The molecule has 0 bridgehead atoms. The van der Waals surface area contributed by atoms with Crippen LogP contribution in [0.15, 0.2) is 73.3 Å². The first-order valence-electron chi connectivity index (χ1n) is 15.3. The molecule has 1 atom stereocenters. The molecule has 0 spiro atoms. The monoisotopic (exact) mass is 558 g/mol. The molecule has 0 saturated heterocycles. The van der Waals surface area contributed by atoms with Gasteiger partial charge in [0.2, 0.25) is 5.82 Å². The summed E-state index contributed by atoms with van der Waals surface area (Å²) in [5.74, 6) is 0.00146. The molecule has 0 heterocycles. The fourth-order valence-corrected chi connectivity index (χ4v) is 6.58. The topological polar surface area (TPSA) is 9.23 Å². The second kappa shape index (κ2) is 13.6. The van der Waals surface area contributed by atoms with Crippen molar-refractivity contribution >= 4 is 5.57 Å². The largest absolute Gasteiger partial charge is 0.490 e. The van der Waals surface area contributed by atoms with Gasteiger partial charge in [-0.05, 0) is 110 Å². The third-order valence-electron chi connectivity index (χ3n) is 9.16. The molecule has 0 aliphatic heterocycles. The number of benzene rings is 3. The van der Waals surface area contributed by atoms with E-state index in [9.17, 15) is 8.78 Å². The summed E-state index contributed by atoms with van der Waals surface area (Å²) in [6.45, 7) is 6.40. The van der Waals surface area contributed by atoms with E-state index >= 15 is 4.39 Å². The van der Waals surface area contributed by atoms with Crippen LogP contribution in [-0.2, 0) is 0 Å². The molecule has 1 saturated carbocycles. The minimum Gasteiger partial charge on any atom is -0.490 e. The average Bonchev–Trinajstić information content (AvgIpc) is 3.01. The highest BCUT2D eigenvalue weighted by Crippen LogP contribution is 2.42. The second-order valence-corrected chi connectivity index (χ2v) is 11.7. The average molecular weight is 559 g/mol. The van der Waals surface area contributed by atoms with Gasteiger partial charge in [0.05, 0.1) is 6.61 Å². The maximum Gasteiger partial charge on any atom is 0.201 e. The van der Waals surface area contributed by atoms with Gasteiger partial charge in [0, 0.05) is 11.1 Å². The van der Waals surface area contributed by atoms with Gasteiger partial charge in [0.15, 0.2) is 11.6 Å². The molecule has 1 fully saturated rings. The zero-order chi connectivity index (χ0) is 28.8. The van der Waals surface area contributed by atoms with Crippen molar-refractivity contribution in [1.29, 1.82) is 0 Å². The van der Waals surface area contributed by atoms with Gasteiger partial charge >= 0.3 is 0 Å². The maximum atomic E-state index is 15.3. The van der Waals surface area contributed by atoms with Gasteiger partial charge < -0.3 is 4.74 Å². The summed E-state index contributed by atoms with van der Waals surface area (Å²) in [5, 5.41) is 0. The second-order valence-electron chi connectivity index (χ2n) is 11.7. The van der Waals surface area contributed by atoms with Gasteiger partial charge in [-0.1, -0.05) is 68.3 Å². The van der Waals surface area contributed by atoms with Crippen LogP contribution in [0.1, 0.15) is 76.7 Å². The minimum atomic E-state index is -0.968. The van der Waals surface area contributed by atoms with Crippen molar-refractivity contribution in [2.75, 3.05) is 6.61 Å². The van der Waals surface area contributed by atoms with Crippen molar-refractivity contribution in [3.63, 3.8) is 0 Å². The van der Waals surface area contributed by atoms with Gasteiger partial charge in [-0.15, -0.1) is 6.58 Å². The van der Waals surface area contributed by atoms with E-state index in [1.165, 1.54) is 31.7 Å². The Labute approximate surface area is 243 Å². The predicted octanol–water partition coefficient (Wildman–Crippen LogP) is 11.2. The normalized spacial score (nSPS) is 20.9. The smallest absolute Gasteiger partial charge is 0.201 e. The Morgan fingerprint density at radius 2 is 1.49 bits per heavy atom. The Morgan fingerprint density at radius 3 is 2.15 bits per heavy atom. The molecule has 1 unspecified atom stereocenters. The van der Waals surface area contributed by atoms with Crippen LogP contribution in [-0.4, -0.2) is 6.61 Å². The summed E-state index contributed by atoms with van der Waals surface area (Å²) < 4.78 is 50.2. The van der Waals surface area contributed by atoms with Crippen LogP contribution in [0.3, 0.4) is 0 Å². The number of rotatable bonds is 10. The molecule has 5 rings (SSSR count). The van der Waals surface area contributed by atoms with Crippen molar-refractivity contribution in [2.45, 2.75) is 71.1 Å². The molecule has 2 aliphatic rings. The van der Waals surface area contributed by atoms with E-state index < -0.39 is 11.6 Å². The Balaban J connectivity index is 1.24. The summed E-state index contributed by atoms with van der Waals surface area (Å²) in [7, 11) is 0. The van der Waals surface area contributed by atoms with Crippen LogP contribution < -0.4 is 4.74 Å². The Kier molecular flexibility index (Phi) is 9.69. The molecule has 216 valence electrons. The number of ether oxygens (including phenoxy) is 1. The zero-order valence-corrected chi connectivity index (χ0v) is 24.1. The van der Waals surface area contributed by atoms with Crippen LogP contribution >= 0.6 is 0 Å². The van der Waals surface area contributed by atoms with E-state index in [4.69, 9.17) is 4.74 Å². The van der Waals surface area contributed by atoms with Gasteiger partial charge in [0.1, 0.15) is 5.82 Å². The molecular weight excluding hydrogens is 517 g/mol.